The molecular formula is C15H15FN4O3. The molecule has 3 N–H and O–H groups in total. The molecule has 8 heteroatoms. The fourth-order valence-electron chi connectivity index (χ4n) is 1.73. The lowest BCUT2D eigenvalue weighted by molar-refractivity contribution is 0.0913. The number of halogens is 1. The monoisotopic (exact) mass is 318 g/mol. The van der Waals surface area contributed by atoms with Crippen molar-refractivity contribution >= 4 is 23.5 Å². The standard InChI is InChI=1S/C15H15FN4O3/c1-2-23-15(22)20-19-14(21)12-7-4-8-17-13(12)18-11-6-3-5-10(16)9-11/h3-9H,2H2,1H3,(H,17,18)(H,19,21)(H,20,22). The number of nitrogens with one attached hydrogen (secondary N) is 3. The summed E-state index contributed by atoms with van der Waals surface area (Å²) in [6, 6.07) is 8.82. The summed E-state index contributed by atoms with van der Waals surface area (Å²) in [7, 11) is 0. The van der Waals surface area contributed by atoms with Crippen LogP contribution in [-0.4, -0.2) is 23.6 Å². The number of hydrazine groups is 1. The van der Waals surface area contributed by atoms with Crippen LogP contribution >= 0.6 is 0 Å². The zero-order valence-electron chi connectivity index (χ0n) is 12.3. The SMILES string of the molecule is CCOC(=O)NNC(=O)c1cccnc1Nc1cccc(F)c1. The van der Waals surface area contributed by atoms with Crippen molar-refractivity contribution in [2.45, 2.75) is 6.92 Å². The molecular weight excluding hydrogens is 303 g/mol. The predicted octanol–water partition coefficient (Wildman–Crippen LogP) is 2.36. The molecule has 1 aromatic heterocycles. The summed E-state index contributed by atoms with van der Waals surface area (Å²) in [6.07, 6.45) is 0.710. The van der Waals surface area contributed by atoms with Gasteiger partial charge in [-0.2, -0.15) is 0 Å². The van der Waals surface area contributed by atoms with Gasteiger partial charge < -0.3 is 10.1 Å². The maximum Gasteiger partial charge on any atom is 0.426 e. The first-order valence-electron chi connectivity index (χ1n) is 6.81. The average Bonchev–Trinajstić information content (AvgIpc) is 2.53. The van der Waals surface area contributed by atoms with E-state index in [2.05, 4.69) is 25.9 Å². The minimum Gasteiger partial charge on any atom is -0.449 e. The molecule has 120 valence electrons. The summed E-state index contributed by atoms with van der Waals surface area (Å²) in [5, 5.41) is 2.85. The normalized spacial score (nSPS) is 9.83. The molecule has 0 unspecified atom stereocenters. The number of anilines is 2. The molecule has 0 aliphatic heterocycles. The zero-order valence-corrected chi connectivity index (χ0v) is 12.3. The smallest absolute Gasteiger partial charge is 0.426 e. The Kier molecular flexibility index (Phi) is 5.45. The highest BCUT2D eigenvalue weighted by atomic mass is 19.1. The Labute approximate surface area is 131 Å². The van der Waals surface area contributed by atoms with Gasteiger partial charge in [0.25, 0.3) is 5.91 Å². The van der Waals surface area contributed by atoms with Crippen LogP contribution in [0.4, 0.5) is 20.7 Å². The Morgan fingerprint density at radius 3 is 2.78 bits per heavy atom. The summed E-state index contributed by atoms with van der Waals surface area (Å²) in [6.45, 7) is 1.82. The second kappa shape index (κ2) is 7.74. The maximum absolute atomic E-state index is 13.2. The van der Waals surface area contributed by atoms with Crippen molar-refractivity contribution in [3.8, 4) is 0 Å². The topological polar surface area (TPSA) is 92.4 Å². The number of pyridine rings is 1. The predicted molar refractivity (Wildman–Crippen MR) is 81.5 cm³/mol. The van der Waals surface area contributed by atoms with E-state index in [1.807, 2.05) is 0 Å². The van der Waals surface area contributed by atoms with Crippen LogP contribution in [0.3, 0.4) is 0 Å². The Hall–Kier alpha value is -3.16. The summed E-state index contributed by atoms with van der Waals surface area (Å²) in [5.74, 6) is -0.785. The second-order valence-corrected chi connectivity index (χ2v) is 4.33. The van der Waals surface area contributed by atoms with Crippen LogP contribution in [0.25, 0.3) is 0 Å². The second-order valence-electron chi connectivity index (χ2n) is 4.33. The van der Waals surface area contributed by atoms with Crippen molar-refractivity contribution in [1.29, 1.82) is 0 Å². The van der Waals surface area contributed by atoms with Crippen LogP contribution in [-0.2, 0) is 4.74 Å². The van der Waals surface area contributed by atoms with E-state index in [0.29, 0.717) is 5.69 Å². The van der Waals surface area contributed by atoms with Crippen LogP contribution in [0.15, 0.2) is 42.6 Å². The van der Waals surface area contributed by atoms with Crippen LogP contribution in [0.1, 0.15) is 17.3 Å². The molecule has 1 aromatic carbocycles. The van der Waals surface area contributed by atoms with E-state index in [9.17, 15) is 14.0 Å². The lowest BCUT2D eigenvalue weighted by atomic mass is 10.2. The van der Waals surface area contributed by atoms with Gasteiger partial charge in [0, 0.05) is 11.9 Å². The summed E-state index contributed by atoms with van der Waals surface area (Å²) in [4.78, 5) is 27.3. The minimum absolute atomic E-state index is 0.175. The van der Waals surface area contributed by atoms with Gasteiger partial charge in [0.1, 0.15) is 11.6 Å². The van der Waals surface area contributed by atoms with Crippen LogP contribution in [0, 0.1) is 5.82 Å². The number of benzene rings is 1. The van der Waals surface area contributed by atoms with E-state index in [1.165, 1.54) is 30.5 Å². The first kappa shape index (κ1) is 16.2. The lowest BCUT2D eigenvalue weighted by Gasteiger charge is -2.11. The van der Waals surface area contributed by atoms with E-state index in [4.69, 9.17) is 0 Å². The molecule has 2 rings (SSSR count). The van der Waals surface area contributed by atoms with Crippen LogP contribution in [0.2, 0.25) is 0 Å². The highest BCUT2D eigenvalue weighted by Gasteiger charge is 2.13. The quantitative estimate of drug-likeness (QED) is 0.753. The third-order valence-corrected chi connectivity index (χ3v) is 2.69. The number of ether oxygens (including phenoxy) is 1. The first-order valence-corrected chi connectivity index (χ1v) is 6.81. The van der Waals surface area contributed by atoms with E-state index < -0.39 is 17.8 Å². The summed E-state index contributed by atoms with van der Waals surface area (Å²) < 4.78 is 17.8. The van der Waals surface area contributed by atoms with E-state index in [1.54, 1.807) is 19.1 Å². The Balaban J connectivity index is 2.10. The van der Waals surface area contributed by atoms with Gasteiger partial charge in [-0.1, -0.05) is 6.07 Å². The number of hydrogen-bond acceptors (Lipinski definition) is 5. The van der Waals surface area contributed by atoms with Gasteiger partial charge in [-0.15, -0.1) is 0 Å². The minimum atomic E-state index is -0.774. The number of hydrogen-bond donors (Lipinski definition) is 3. The summed E-state index contributed by atoms with van der Waals surface area (Å²) in [5.41, 5.74) is 4.92. The van der Waals surface area contributed by atoms with Crippen molar-refractivity contribution < 1.29 is 18.7 Å². The molecule has 23 heavy (non-hydrogen) atoms. The van der Waals surface area contributed by atoms with Gasteiger partial charge in [0.15, 0.2) is 0 Å². The van der Waals surface area contributed by atoms with Crippen molar-refractivity contribution in [2.75, 3.05) is 11.9 Å². The zero-order chi connectivity index (χ0) is 16.7. The van der Waals surface area contributed by atoms with E-state index >= 15 is 0 Å². The van der Waals surface area contributed by atoms with Crippen LogP contribution in [0.5, 0.6) is 0 Å². The molecule has 0 aliphatic carbocycles. The molecule has 0 aliphatic rings. The number of carbonyl (C=O) groups is 2. The molecule has 2 amide bonds. The van der Waals surface area contributed by atoms with E-state index in [0.717, 1.165) is 0 Å². The third-order valence-electron chi connectivity index (χ3n) is 2.69. The lowest BCUT2D eigenvalue weighted by Crippen LogP contribution is -2.42. The summed E-state index contributed by atoms with van der Waals surface area (Å²) >= 11 is 0. The molecule has 0 saturated heterocycles. The van der Waals surface area contributed by atoms with E-state index in [-0.39, 0.29) is 18.0 Å². The van der Waals surface area contributed by atoms with Crippen molar-refractivity contribution in [1.82, 2.24) is 15.8 Å². The van der Waals surface area contributed by atoms with Gasteiger partial charge >= 0.3 is 6.09 Å². The Bertz CT molecular complexity index is 709. The molecule has 0 spiro atoms. The van der Waals surface area contributed by atoms with Gasteiger partial charge in [-0.3, -0.25) is 10.2 Å². The fraction of sp³-hybridized carbons (Fsp3) is 0.133. The molecule has 0 radical (unpaired) electrons. The van der Waals surface area contributed by atoms with Gasteiger partial charge in [0.05, 0.1) is 12.2 Å². The maximum atomic E-state index is 13.2. The Morgan fingerprint density at radius 2 is 2.04 bits per heavy atom. The molecule has 7 nitrogen and oxygen atoms in total. The average molecular weight is 318 g/mol. The highest BCUT2D eigenvalue weighted by Crippen LogP contribution is 2.18. The molecule has 0 bridgehead atoms. The van der Waals surface area contributed by atoms with Crippen LogP contribution < -0.4 is 16.2 Å². The molecule has 2 aromatic rings. The molecule has 0 atom stereocenters. The first-order chi connectivity index (χ1) is 11.1. The number of nitrogens with zero attached hydrogens (tertiary/aromatic N) is 1. The largest absolute Gasteiger partial charge is 0.449 e. The highest BCUT2D eigenvalue weighted by molar-refractivity contribution is 5.99. The van der Waals surface area contributed by atoms with Gasteiger partial charge in [-0.05, 0) is 37.3 Å². The molecule has 1 heterocycles. The number of carbonyl (C=O) groups excluding carboxylic acids is 2. The molecule has 0 fully saturated rings. The van der Waals surface area contributed by atoms with Gasteiger partial charge in [0.2, 0.25) is 0 Å². The molecule has 0 saturated carbocycles. The van der Waals surface area contributed by atoms with Crippen molar-refractivity contribution in [3.05, 3.63) is 54.0 Å². The fourth-order valence-corrected chi connectivity index (χ4v) is 1.73. The van der Waals surface area contributed by atoms with Crippen molar-refractivity contribution in [2.24, 2.45) is 0 Å². The Morgan fingerprint density at radius 1 is 1.22 bits per heavy atom. The van der Waals surface area contributed by atoms with Crippen molar-refractivity contribution in [3.63, 3.8) is 0 Å². The number of aromatic nitrogens is 1. The third kappa shape index (κ3) is 4.67. The number of amides is 2. The number of rotatable bonds is 4. The van der Waals surface area contributed by atoms with Gasteiger partial charge in [-0.25, -0.2) is 19.6 Å².